The molecule has 0 N–H and O–H groups in total. The van der Waals surface area contributed by atoms with Gasteiger partial charge in [-0.1, -0.05) is 175 Å². The van der Waals surface area contributed by atoms with E-state index < -0.39 is 0 Å². The van der Waals surface area contributed by atoms with Crippen molar-refractivity contribution in [3.05, 3.63) is 34.4 Å². The molecule has 0 aliphatic carbocycles. The summed E-state index contributed by atoms with van der Waals surface area (Å²) in [4.78, 5) is 0. The summed E-state index contributed by atoms with van der Waals surface area (Å²) in [5, 5.41) is 0. The highest BCUT2D eigenvalue weighted by Gasteiger charge is 2.11. The van der Waals surface area contributed by atoms with Gasteiger partial charge in [-0.3, -0.25) is 0 Å². The van der Waals surface area contributed by atoms with Crippen LogP contribution in [0.25, 0.3) is 0 Å². The number of hydrogen-bond donors (Lipinski definition) is 0. The minimum Gasteiger partial charge on any atom is -0.0654 e. The fourth-order valence-corrected chi connectivity index (χ4v) is 6.18. The third-order valence-electron chi connectivity index (χ3n) is 8.78. The second-order valence-corrected chi connectivity index (χ2v) is 12.4. The first-order valence-corrected chi connectivity index (χ1v) is 17.9. The summed E-state index contributed by atoms with van der Waals surface area (Å²) in [5.41, 5.74) is 6.83. The molecule has 0 saturated heterocycles. The van der Waals surface area contributed by atoms with Crippen molar-refractivity contribution < 1.29 is 0 Å². The first kappa shape index (κ1) is 35.2. The highest BCUT2D eigenvalue weighted by Crippen LogP contribution is 2.26. The van der Waals surface area contributed by atoms with Crippen molar-refractivity contribution in [2.75, 3.05) is 0 Å². The number of rotatable bonds is 28. The fourth-order valence-electron chi connectivity index (χ4n) is 6.18. The summed E-state index contributed by atoms with van der Waals surface area (Å²) in [5.74, 6) is 0. The highest BCUT2D eigenvalue weighted by molar-refractivity contribution is 5.40. The third-order valence-corrected chi connectivity index (χ3v) is 8.78. The maximum atomic E-state index is 2.61. The van der Waals surface area contributed by atoms with E-state index in [4.69, 9.17) is 0 Å². The summed E-state index contributed by atoms with van der Waals surface area (Å²) < 4.78 is 0. The molecule has 0 fully saturated rings. The zero-order valence-electron chi connectivity index (χ0n) is 27.0. The molecule has 0 aromatic heterocycles. The molecule has 0 bridgehead atoms. The Morgan fingerprint density at radius 3 is 0.947 bits per heavy atom. The summed E-state index contributed by atoms with van der Waals surface area (Å²) in [6.45, 7) is 9.31. The average Bonchev–Trinajstić information content (AvgIpc) is 2.93. The molecule has 0 nitrogen and oxygen atoms in total. The smallest absolute Gasteiger partial charge is 0.0273 e. The molecular weight excluding hydrogens is 456 g/mol. The molecule has 38 heavy (non-hydrogen) atoms. The van der Waals surface area contributed by atoms with E-state index in [1.54, 1.807) is 22.3 Å². The molecule has 1 aromatic carbocycles. The molecule has 1 aromatic rings. The van der Waals surface area contributed by atoms with Crippen LogP contribution in [0.3, 0.4) is 0 Å². The summed E-state index contributed by atoms with van der Waals surface area (Å²) in [6, 6.07) is 5.22. The summed E-state index contributed by atoms with van der Waals surface area (Å²) in [7, 11) is 0. The van der Waals surface area contributed by atoms with E-state index in [2.05, 4.69) is 39.8 Å². The normalized spacial score (nSPS) is 11.5. The maximum absolute atomic E-state index is 2.61. The Morgan fingerprint density at radius 1 is 0.342 bits per heavy atom. The quantitative estimate of drug-likeness (QED) is 0.0952. The molecule has 0 aliphatic heterocycles. The molecule has 0 aliphatic rings. The molecule has 1 rings (SSSR count). The predicted molar refractivity (Wildman–Crippen MR) is 175 cm³/mol. The number of aryl methyl sites for hydroxylation is 3. The summed E-state index contributed by atoms with van der Waals surface area (Å²) >= 11 is 0. The van der Waals surface area contributed by atoms with E-state index in [1.807, 2.05) is 0 Å². The van der Waals surface area contributed by atoms with Crippen LogP contribution in [0.15, 0.2) is 12.1 Å². The molecule has 0 heterocycles. The Balaban J connectivity index is 2.64. The van der Waals surface area contributed by atoms with Crippen LogP contribution in [0.2, 0.25) is 0 Å². The van der Waals surface area contributed by atoms with Crippen molar-refractivity contribution >= 4 is 0 Å². The second-order valence-electron chi connectivity index (χ2n) is 12.4. The zero-order valence-corrected chi connectivity index (χ0v) is 27.0. The van der Waals surface area contributed by atoms with Crippen molar-refractivity contribution in [3.8, 4) is 0 Å². The molecule has 0 spiro atoms. The molecule has 0 amide bonds. The maximum Gasteiger partial charge on any atom is -0.0273 e. The van der Waals surface area contributed by atoms with Gasteiger partial charge in [-0.25, -0.2) is 0 Å². The zero-order chi connectivity index (χ0) is 27.5. The SMILES string of the molecule is CCCCCCCCCCc1cc(CC)cc(CCCCCCCCCC)c1CCCCCCCCCC. The van der Waals surface area contributed by atoms with E-state index in [-0.39, 0.29) is 0 Å². The largest absolute Gasteiger partial charge is 0.0654 e. The van der Waals surface area contributed by atoms with Crippen LogP contribution in [0.5, 0.6) is 0 Å². The van der Waals surface area contributed by atoms with Crippen LogP contribution >= 0.6 is 0 Å². The van der Waals surface area contributed by atoms with Gasteiger partial charge in [-0.05, 0) is 67.2 Å². The lowest BCUT2D eigenvalue weighted by atomic mass is 9.87. The minimum atomic E-state index is 1.19. The van der Waals surface area contributed by atoms with Gasteiger partial charge >= 0.3 is 0 Å². The minimum absolute atomic E-state index is 1.19. The van der Waals surface area contributed by atoms with Gasteiger partial charge in [0.15, 0.2) is 0 Å². The second kappa shape index (κ2) is 26.4. The Hall–Kier alpha value is -0.780. The highest BCUT2D eigenvalue weighted by atomic mass is 14.2. The van der Waals surface area contributed by atoms with E-state index in [9.17, 15) is 0 Å². The van der Waals surface area contributed by atoms with Gasteiger partial charge in [-0.2, -0.15) is 0 Å². The van der Waals surface area contributed by atoms with Gasteiger partial charge in [0, 0.05) is 0 Å². The Bertz CT molecular complexity index is 586. The molecule has 0 atom stereocenters. The Kier molecular flexibility index (Phi) is 24.5. The Morgan fingerprint density at radius 2 is 0.632 bits per heavy atom. The lowest BCUT2D eigenvalue weighted by Gasteiger charge is -2.18. The summed E-state index contributed by atoms with van der Waals surface area (Å²) in [6.07, 6.45) is 39.3. The number of hydrogen-bond acceptors (Lipinski definition) is 0. The standard InChI is InChI=1S/C38H70/c1-5-9-12-15-18-21-24-27-30-36-33-35(8-4)34-37(31-28-25-22-19-16-13-10-6-2)38(36)32-29-26-23-20-17-14-11-7-3/h33-34H,5-32H2,1-4H3. The fraction of sp³-hybridized carbons (Fsp3) is 0.842. The van der Waals surface area contributed by atoms with Gasteiger partial charge in [-0.15, -0.1) is 0 Å². The molecule has 0 saturated carbocycles. The molecular formula is C38H70. The van der Waals surface area contributed by atoms with Crippen molar-refractivity contribution in [2.45, 2.75) is 207 Å². The van der Waals surface area contributed by atoms with Crippen LogP contribution in [0, 0.1) is 0 Å². The van der Waals surface area contributed by atoms with Gasteiger partial charge in [0.25, 0.3) is 0 Å². The third kappa shape index (κ3) is 18.5. The van der Waals surface area contributed by atoms with Crippen LogP contribution in [0.4, 0.5) is 0 Å². The topological polar surface area (TPSA) is 0 Å². The van der Waals surface area contributed by atoms with Gasteiger partial charge in [0.05, 0.1) is 0 Å². The van der Waals surface area contributed by atoms with Gasteiger partial charge < -0.3 is 0 Å². The van der Waals surface area contributed by atoms with Crippen molar-refractivity contribution in [3.63, 3.8) is 0 Å². The van der Waals surface area contributed by atoms with E-state index in [0.29, 0.717) is 0 Å². The monoisotopic (exact) mass is 527 g/mol. The van der Waals surface area contributed by atoms with Crippen LogP contribution in [-0.2, 0) is 25.7 Å². The van der Waals surface area contributed by atoms with Crippen molar-refractivity contribution in [2.24, 2.45) is 0 Å². The first-order chi connectivity index (χ1) is 18.8. The van der Waals surface area contributed by atoms with E-state index >= 15 is 0 Å². The number of unbranched alkanes of at least 4 members (excludes halogenated alkanes) is 21. The Labute approximate surface area is 241 Å². The van der Waals surface area contributed by atoms with Crippen LogP contribution < -0.4 is 0 Å². The van der Waals surface area contributed by atoms with Crippen molar-refractivity contribution in [1.82, 2.24) is 0 Å². The first-order valence-electron chi connectivity index (χ1n) is 17.9. The van der Waals surface area contributed by atoms with E-state index in [0.717, 1.165) is 0 Å². The van der Waals surface area contributed by atoms with Gasteiger partial charge in [0.1, 0.15) is 0 Å². The molecule has 222 valence electrons. The molecule has 0 heteroatoms. The number of benzene rings is 1. The lowest BCUT2D eigenvalue weighted by molar-refractivity contribution is 0.567. The molecule has 0 radical (unpaired) electrons. The van der Waals surface area contributed by atoms with Crippen molar-refractivity contribution in [1.29, 1.82) is 0 Å². The lowest BCUT2D eigenvalue weighted by Crippen LogP contribution is -2.04. The van der Waals surface area contributed by atoms with Crippen LogP contribution in [0.1, 0.15) is 204 Å². The van der Waals surface area contributed by atoms with Gasteiger partial charge in [0.2, 0.25) is 0 Å². The molecule has 0 unspecified atom stereocenters. The van der Waals surface area contributed by atoms with E-state index in [1.165, 1.54) is 180 Å². The van der Waals surface area contributed by atoms with Crippen LogP contribution in [-0.4, -0.2) is 0 Å². The average molecular weight is 527 g/mol. The predicted octanol–water partition coefficient (Wildman–Crippen LogP) is 13.3.